The van der Waals surface area contributed by atoms with Gasteiger partial charge in [0.1, 0.15) is 0 Å². The van der Waals surface area contributed by atoms with Crippen molar-refractivity contribution in [1.82, 2.24) is 0 Å². The van der Waals surface area contributed by atoms with E-state index >= 15 is 0 Å². The Bertz CT molecular complexity index is 520. The fourth-order valence-electron chi connectivity index (χ4n) is 5.74. The topological polar surface area (TPSA) is 0 Å². The molecule has 0 saturated heterocycles. The van der Waals surface area contributed by atoms with E-state index in [1.807, 2.05) is 41.5 Å². The third-order valence-electron chi connectivity index (χ3n) is 7.16. The largest absolute Gasteiger partial charge is 0.106 e. The highest BCUT2D eigenvalue weighted by molar-refractivity contribution is 5.25. The van der Waals surface area contributed by atoms with Crippen LogP contribution in [0.4, 0.5) is 0 Å². The first-order chi connectivity index (χ1) is 16.5. The summed E-state index contributed by atoms with van der Waals surface area (Å²) in [6.45, 7) is 29.4. The molecule has 0 amide bonds. The molecule has 3 saturated carbocycles. The fraction of sp³-hybridized carbons (Fsp3) is 0.784. The average molecular weight is 523 g/mol. The van der Waals surface area contributed by atoms with Gasteiger partial charge in [-0.3, -0.25) is 0 Å². The molecule has 226 valence electrons. The highest BCUT2D eigenvalue weighted by Gasteiger charge is 2.48. The molecule has 0 bridgehead atoms. The van der Waals surface area contributed by atoms with Gasteiger partial charge in [-0.15, -0.1) is 13.2 Å². The minimum absolute atomic E-state index is 0. The predicted molar refractivity (Wildman–Crippen MR) is 183 cm³/mol. The zero-order chi connectivity index (χ0) is 27.0. The Morgan fingerprint density at radius 3 is 1.86 bits per heavy atom. The molecular weight excluding hydrogens is 444 g/mol. The second kappa shape index (κ2) is 33.0. The molecule has 0 radical (unpaired) electrons. The van der Waals surface area contributed by atoms with Gasteiger partial charge in [-0.05, 0) is 87.9 Å². The SMILES string of the molecule is C.C.C.C/C=C/CC1CCC2/C(=C/C=C3/CCCC(C)C3)CCCC12C.C=C.CC.CC.CC.CCC. The second-order valence-electron chi connectivity index (χ2n) is 9.47. The van der Waals surface area contributed by atoms with Crippen LogP contribution in [0.2, 0.25) is 0 Å². The Morgan fingerprint density at radius 2 is 1.38 bits per heavy atom. The number of hydrogen-bond acceptors (Lipinski definition) is 0. The van der Waals surface area contributed by atoms with Crippen molar-refractivity contribution in [2.75, 3.05) is 0 Å². The number of hydrogen-bond donors (Lipinski definition) is 0. The lowest BCUT2D eigenvalue weighted by molar-refractivity contribution is 0.137. The molecule has 3 rings (SSSR count). The first-order valence-electron chi connectivity index (χ1n) is 15.0. The van der Waals surface area contributed by atoms with Gasteiger partial charge in [0, 0.05) is 0 Å². The summed E-state index contributed by atoms with van der Waals surface area (Å²) in [6.07, 6.45) is 24.9. The smallest absolute Gasteiger partial charge is 0.0143 e. The summed E-state index contributed by atoms with van der Waals surface area (Å²) in [7, 11) is 0. The number of allylic oxidation sites excluding steroid dienone is 6. The molecule has 0 aromatic rings. The van der Waals surface area contributed by atoms with Crippen molar-refractivity contribution in [1.29, 1.82) is 0 Å². The van der Waals surface area contributed by atoms with Crippen molar-refractivity contribution < 1.29 is 0 Å². The molecule has 0 heteroatoms. The Labute approximate surface area is 240 Å². The van der Waals surface area contributed by atoms with E-state index in [4.69, 9.17) is 0 Å². The van der Waals surface area contributed by atoms with Gasteiger partial charge in [0.05, 0.1) is 0 Å². The normalized spacial score (nSPS) is 27.1. The van der Waals surface area contributed by atoms with E-state index in [1.165, 1.54) is 70.6 Å². The summed E-state index contributed by atoms with van der Waals surface area (Å²) in [4.78, 5) is 0. The summed E-state index contributed by atoms with van der Waals surface area (Å²) in [5, 5.41) is 0. The minimum atomic E-state index is 0. The van der Waals surface area contributed by atoms with E-state index in [-0.39, 0.29) is 22.3 Å². The van der Waals surface area contributed by atoms with E-state index in [2.05, 4.69) is 72.1 Å². The highest BCUT2D eigenvalue weighted by atomic mass is 14.5. The minimum Gasteiger partial charge on any atom is -0.106 e. The zero-order valence-electron chi connectivity index (χ0n) is 25.7. The first-order valence-corrected chi connectivity index (χ1v) is 15.0. The van der Waals surface area contributed by atoms with Crippen LogP contribution < -0.4 is 0 Å². The molecule has 0 N–H and O–H groups in total. The Kier molecular flexibility index (Phi) is 43.7. The lowest BCUT2D eigenvalue weighted by atomic mass is 9.63. The summed E-state index contributed by atoms with van der Waals surface area (Å²) < 4.78 is 0. The summed E-state index contributed by atoms with van der Waals surface area (Å²) in [6, 6.07) is 0. The van der Waals surface area contributed by atoms with Crippen LogP contribution in [0.3, 0.4) is 0 Å². The van der Waals surface area contributed by atoms with E-state index in [0.29, 0.717) is 5.41 Å². The number of rotatable bonds is 3. The molecule has 0 aromatic heterocycles. The molecule has 4 atom stereocenters. The van der Waals surface area contributed by atoms with Crippen LogP contribution in [0.5, 0.6) is 0 Å². The van der Waals surface area contributed by atoms with Crippen molar-refractivity contribution in [2.45, 2.75) is 169 Å². The van der Waals surface area contributed by atoms with Gasteiger partial charge in [-0.1, -0.05) is 140 Å². The van der Waals surface area contributed by atoms with Crippen molar-refractivity contribution in [3.05, 3.63) is 48.6 Å². The lowest BCUT2D eigenvalue weighted by Gasteiger charge is -2.42. The number of fused-ring (bicyclic) bond motifs is 1. The first kappa shape index (κ1) is 49.0. The van der Waals surface area contributed by atoms with Crippen molar-refractivity contribution >= 4 is 0 Å². The molecule has 0 nitrogen and oxygen atoms in total. The van der Waals surface area contributed by atoms with E-state index in [1.54, 1.807) is 11.1 Å². The van der Waals surface area contributed by atoms with Gasteiger partial charge in [0.2, 0.25) is 0 Å². The summed E-state index contributed by atoms with van der Waals surface area (Å²) >= 11 is 0. The molecule has 0 aliphatic heterocycles. The standard InChI is InChI=1S/C23H36.C3H8.3C2H6.C2H4.3CH4/c1-4-5-11-21-14-15-22-20(10-7-16-23(21,22)3)13-12-19-9-6-8-18(2)17-19;1-3-2;4*1-2;;;/h4-5,12-13,18,21-22H,6-11,14-17H2,1-3H3;3H2,1-2H3;3*1-2H3;1-2H2;3*1H4/b5-4+,19-12-,20-13+;;;;;;;;. The lowest BCUT2D eigenvalue weighted by Crippen LogP contribution is -2.33. The zero-order valence-corrected chi connectivity index (χ0v) is 25.7. The van der Waals surface area contributed by atoms with Gasteiger partial charge in [-0.25, -0.2) is 0 Å². The van der Waals surface area contributed by atoms with Crippen LogP contribution in [-0.4, -0.2) is 0 Å². The van der Waals surface area contributed by atoms with Crippen molar-refractivity contribution in [3.8, 4) is 0 Å². The van der Waals surface area contributed by atoms with Crippen molar-refractivity contribution in [3.63, 3.8) is 0 Å². The van der Waals surface area contributed by atoms with E-state index in [9.17, 15) is 0 Å². The molecule has 4 unspecified atom stereocenters. The Hall–Kier alpha value is -1.04. The fourth-order valence-corrected chi connectivity index (χ4v) is 5.74. The Balaban J connectivity index is -0.000000152. The van der Waals surface area contributed by atoms with Crippen LogP contribution >= 0.6 is 0 Å². The predicted octanol–water partition coefficient (Wildman–Crippen LogP) is 14.4. The highest BCUT2D eigenvalue weighted by Crippen LogP contribution is 2.58. The van der Waals surface area contributed by atoms with Crippen LogP contribution in [-0.2, 0) is 0 Å². The molecule has 3 aliphatic rings. The molecule has 37 heavy (non-hydrogen) atoms. The van der Waals surface area contributed by atoms with Gasteiger partial charge in [0.25, 0.3) is 0 Å². The summed E-state index contributed by atoms with van der Waals surface area (Å²) in [5.41, 5.74) is 4.07. The molecule has 0 spiro atoms. The van der Waals surface area contributed by atoms with Gasteiger partial charge >= 0.3 is 0 Å². The third kappa shape index (κ3) is 18.0. The Morgan fingerprint density at radius 1 is 0.838 bits per heavy atom. The average Bonchev–Trinajstić information content (AvgIpc) is 3.23. The third-order valence-corrected chi connectivity index (χ3v) is 7.16. The van der Waals surface area contributed by atoms with Crippen molar-refractivity contribution in [2.24, 2.45) is 23.2 Å². The maximum Gasteiger partial charge on any atom is -0.0143 e. The maximum atomic E-state index is 3.00. The van der Waals surface area contributed by atoms with E-state index < -0.39 is 0 Å². The molecular formula is C37H78. The maximum absolute atomic E-state index is 3.00. The van der Waals surface area contributed by atoms with Crippen LogP contribution in [0.1, 0.15) is 169 Å². The summed E-state index contributed by atoms with van der Waals surface area (Å²) in [5.74, 6) is 2.68. The second-order valence-corrected chi connectivity index (χ2v) is 9.47. The van der Waals surface area contributed by atoms with Crippen LogP contribution in [0.25, 0.3) is 0 Å². The van der Waals surface area contributed by atoms with Gasteiger partial charge < -0.3 is 0 Å². The molecule has 0 aromatic carbocycles. The van der Waals surface area contributed by atoms with Crippen LogP contribution in [0, 0.1) is 23.2 Å². The molecule has 3 fully saturated rings. The monoisotopic (exact) mass is 523 g/mol. The quantitative estimate of drug-likeness (QED) is 0.323. The van der Waals surface area contributed by atoms with E-state index in [0.717, 1.165) is 17.8 Å². The molecule has 0 heterocycles. The van der Waals surface area contributed by atoms with Crippen LogP contribution in [0.15, 0.2) is 48.6 Å². The van der Waals surface area contributed by atoms with Gasteiger partial charge in [0.15, 0.2) is 0 Å². The van der Waals surface area contributed by atoms with Gasteiger partial charge in [-0.2, -0.15) is 0 Å². The molecule has 3 aliphatic carbocycles.